The second-order valence-electron chi connectivity index (χ2n) is 1.99. The Morgan fingerprint density at radius 1 is 1.83 bits per heavy atom. The number of hydrogen-bond donors (Lipinski definition) is 1. The van der Waals surface area contributed by atoms with Crippen molar-refractivity contribution in [2.24, 2.45) is 5.73 Å². The molecular weight excluding hydrogens is 74.1 g/mol. The van der Waals surface area contributed by atoms with Crippen LogP contribution in [0, 0.1) is 5.92 Å². The zero-order valence-electron chi connectivity index (χ0n) is 4.07. The quantitative estimate of drug-likeness (QED) is 0.429. The first-order valence-electron chi connectivity index (χ1n) is 2.38. The van der Waals surface area contributed by atoms with Crippen molar-refractivity contribution in [2.45, 2.75) is 25.8 Å². The highest BCUT2D eigenvalue weighted by atomic mass is 14.7. The standard InChI is InChI=1S/C5H10N/c1-4-2-3-5(4)6/h5H,2-3,6H2,1H3/q+1. The molecular formula is C5H10N+. The topological polar surface area (TPSA) is 26.0 Å². The molecule has 1 aliphatic carbocycles. The van der Waals surface area contributed by atoms with Crippen LogP contribution in [0.2, 0.25) is 0 Å². The molecule has 1 aliphatic rings. The van der Waals surface area contributed by atoms with Crippen LogP contribution in [0.4, 0.5) is 0 Å². The van der Waals surface area contributed by atoms with E-state index in [1.165, 1.54) is 18.8 Å². The van der Waals surface area contributed by atoms with Gasteiger partial charge in [0.1, 0.15) is 5.92 Å². The molecule has 34 valence electrons. The molecule has 0 amide bonds. The first kappa shape index (κ1) is 4.00. The van der Waals surface area contributed by atoms with Gasteiger partial charge in [-0.25, -0.2) is 0 Å². The Morgan fingerprint density at radius 3 is 2.33 bits per heavy atom. The van der Waals surface area contributed by atoms with Gasteiger partial charge in [-0.15, -0.1) is 0 Å². The molecule has 0 heterocycles. The van der Waals surface area contributed by atoms with Crippen LogP contribution in [0.15, 0.2) is 0 Å². The third kappa shape index (κ3) is 0.393. The Morgan fingerprint density at radius 2 is 2.33 bits per heavy atom. The Hall–Kier alpha value is -0.170. The van der Waals surface area contributed by atoms with Gasteiger partial charge in [0.2, 0.25) is 0 Å². The number of nitrogens with two attached hydrogens (primary N) is 1. The van der Waals surface area contributed by atoms with Crippen molar-refractivity contribution in [1.29, 1.82) is 0 Å². The Kier molecular flexibility index (Phi) is 0.771. The molecule has 0 aromatic heterocycles. The highest BCUT2D eigenvalue weighted by Crippen LogP contribution is 2.25. The van der Waals surface area contributed by atoms with Gasteiger partial charge in [0.15, 0.2) is 6.04 Å². The van der Waals surface area contributed by atoms with E-state index in [1.54, 1.807) is 0 Å². The smallest absolute Gasteiger partial charge is 0.152 e. The summed E-state index contributed by atoms with van der Waals surface area (Å²) in [6, 6.07) is 0.449. The summed E-state index contributed by atoms with van der Waals surface area (Å²) in [4.78, 5) is 0. The molecule has 0 aromatic rings. The van der Waals surface area contributed by atoms with Crippen LogP contribution in [-0.2, 0) is 0 Å². The Bertz CT molecular complexity index is 43.9. The maximum absolute atomic E-state index is 5.48. The summed E-state index contributed by atoms with van der Waals surface area (Å²) in [5.41, 5.74) is 5.48. The van der Waals surface area contributed by atoms with E-state index in [-0.39, 0.29) is 0 Å². The minimum Gasteiger partial charge on any atom is -0.290 e. The molecule has 1 saturated carbocycles. The van der Waals surface area contributed by atoms with Gasteiger partial charge in [0.25, 0.3) is 0 Å². The van der Waals surface area contributed by atoms with Crippen molar-refractivity contribution < 1.29 is 0 Å². The van der Waals surface area contributed by atoms with E-state index < -0.39 is 0 Å². The SMILES string of the molecule is C[C+]1CCC1N. The van der Waals surface area contributed by atoms with Crippen LogP contribution >= 0.6 is 0 Å². The predicted octanol–water partition coefficient (Wildman–Crippen LogP) is 0.702. The Labute approximate surface area is 38.5 Å². The summed E-state index contributed by atoms with van der Waals surface area (Å²) in [7, 11) is 0. The first-order valence-corrected chi connectivity index (χ1v) is 2.38. The normalized spacial score (nSPS) is 33.0. The number of hydrogen-bond acceptors (Lipinski definition) is 1. The van der Waals surface area contributed by atoms with Gasteiger partial charge in [0.05, 0.1) is 13.3 Å². The lowest BCUT2D eigenvalue weighted by atomic mass is 9.82. The highest BCUT2D eigenvalue weighted by Gasteiger charge is 2.34. The van der Waals surface area contributed by atoms with E-state index in [2.05, 4.69) is 6.92 Å². The Balaban J connectivity index is 2.20. The second-order valence-corrected chi connectivity index (χ2v) is 1.99. The van der Waals surface area contributed by atoms with E-state index >= 15 is 0 Å². The average molecular weight is 84.1 g/mol. The van der Waals surface area contributed by atoms with Crippen LogP contribution in [-0.4, -0.2) is 6.04 Å². The second kappa shape index (κ2) is 1.16. The zero-order chi connectivity index (χ0) is 4.57. The van der Waals surface area contributed by atoms with Gasteiger partial charge < -0.3 is 0 Å². The minimum absolute atomic E-state index is 0.449. The summed E-state index contributed by atoms with van der Waals surface area (Å²) in [6.07, 6.45) is 2.48. The first-order chi connectivity index (χ1) is 2.80. The molecule has 0 saturated heterocycles. The fraction of sp³-hybridized carbons (Fsp3) is 0.800. The van der Waals surface area contributed by atoms with Gasteiger partial charge in [-0.3, -0.25) is 5.73 Å². The lowest BCUT2D eigenvalue weighted by molar-refractivity contribution is 0.468. The molecule has 0 radical (unpaired) electrons. The fourth-order valence-corrected chi connectivity index (χ4v) is 0.600. The van der Waals surface area contributed by atoms with E-state index in [0.29, 0.717) is 6.04 Å². The largest absolute Gasteiger partial charge is 0.290 e. The zero-order valence-corrected chi connectivity index (χ0v) is 4.07. The van der Waals surface area contributed by atoms with E-state index in [9.17, 15) is 0 Å². The van der Waals surface area contributed by atoms with Crippen molar-refractivity contribution >= 4 is 0 Å². The van der Waals surface area contributed by atoms with Gasteiger partial charge in [-0.05, 0) is 0 Å². The maximum atomic E-state index is 5.48. The minimum atomic E-state index is 0.449. The van der Waals surface area contributed by atoms with Crippen LogP contribution in [0.1, 0.15) is 19.8 Å². The molecule has 2 N–H and O–H groups in total. The summed E-state index contributed by atoms with van der Waals surface area (Å²) in [5, 5.41) is 0. The third-order valence-corrected chi connectivity index (χ3v) is 1.48. The van der Waals surface area contributed by atoms with E-state index in [4.69, 9.17) is 5.73 Å². The molecule has 1 fully saturated rings. The molecule has 1 nitrogen and oxygen atoms in total. The van der Waals surface area contributed by atoms with Crippen LogP contribution in [0.5, 0.6) is 0 Å². The summed E-state index contributed by atoms with van der Waals surface area (Å²) in [6.45, 7) is 2.12. The summed E-state index contributed by atoms with van der Waals surface area (Å²) < 4.78 is 0. The average Bonchev–Trinajstić information content (AvgIpc) is 1.61. The molecule has 1 rings (SSSR count). The highest BCUT2D eigenvalue weighted by molar-refractivity contribution is 5.05. The lowest BCUT2D eigenvalue weighted by Gasteiger charge is -2.17. The summed E-state index contributed by atoms with van der Waals surface area (Å²) >= 11 is 0. The van der Waals surface area contributed by atoms with Gasteiger partial charge >= 0.3 is 0 Å². The molecule has 6 heavy (non-hydrogen) atoms. The van der Waals surface area contributed by atoms with Crippen molar-refractivity contribution in [2.75, 3.05) is 0 Å². The molecule has 1 heteroatoms. The molecule has 1 unspecified atom stereocenters. The van der Waals surface area contributed by atoms with E-state index in [1.807, 2.05) is 0 Å². The van der Waals surface area contributed by atoms with Crippen LogP contribution < -0.4 is 5.73 Å². The molecule has 0 bridgehead atoms. The lowest BCUT2D eigenvalue weighted by Crippen LogP contribution is -2.35. The van der Waals surface area contributed by atoms with Crippen molar-refractivity contribution in [1.82, 2.24) is 0 Å². The van der Waals surface area contributed by atoms with Crippen LogP contribution in [0.25, 0.3) is 0 Å². The third-order valence-electron chi connectivity index (χ3n) is 1.48. The van der Waals surface area contributed by atoms with Gasteiger partial charge in [-0.1, -0.05) is 0 Å². The van der Waals surface area contributed by atoms with E-state index in [0.717, 1.165) is 0 Å². The molecule has 0 aromatic carbocycles. The molecule has 0 aliphatic heterocycles. The summed E-state index contributed by atoms with van der Waals surface area (Å²) in [5.74, 6) is 1.47. The molecule has 1 atom stereocenters. The van der Waals surface area contributed by atoms with Crippen molar-refractivity contribution in [3.8, 4) is 0 Å². The van der Waals surface area contributed by atoms with Gasteiger partial charge in [-0.2, -0.15) is 0 Å². The van der Waals surface area contributed by atoms with Crippen LogP contribution in [0.3, 0.4) is 0 Å². The van der Waals surface area contributed by atoms with Crippen molar-refractivity contribution in [3.05, 3.63) is 5.92 Å². The maximum Gasteiger partial charge on any atom is 0.152 e. The number of rotatable bonds is 0. The monoisotopic (exact) mass is 84.1 g/mol. The fourth-order valence-electron chi connectivity index (χ4n) is 0.600. The van der Waals surface area contributed by atoms with Crippen molar-refractivity contribution in [3.63, 3.8) is 0 Å². The van der Waals surface area contributed by atoms with Gasteiger partial charge in [0, 0.05) is 6.42 Å². The predicted molar refractivity (Wildman–Crippen MR) is 26.1 cm³/mol. The molecule has 0 spiro atoms.